The average Bonchev–Trinajstić information content (AvgIpc) is 2.60. The summed E-state index contributed by atoms with van der Waals surface area (Å²) >= 11 is 1.47. The monoisotopic (exact) mass is 441 g/mol. The number of sulfonamides is 1. The van der Waals surface area contributed by atoms with Gasteiger partial charge in [0.15, 0.2) is 0 Å². The molecule has 0 bridgehead atoms. The van der Waals surface area contributed by atoms with Gasteiger partial charge >= 0.3 is 12.1 Å². The Labute approximate surface area is 168 Å². The second-order valence-electron chi connectivity index (χ2n) is 6.56. The number of esters is 1. The van der Waals surface area contributed by atoms with E-state index in [1.54, 1.807) is 20.8 Å². The maximum atomic E-state index is 12.7. The van der Waals surface area contributed by atoms with Crippen molar-refractivity contribution in [2.45, 2.75) is 55.9 Å². The molecule has 0 unspecified atom stereocenters. The first-order valence-electron chi connectivity index (χ1n) is 8.88. The van der Waals surface area contributed by atoms with E-state index in [4.69, 9.17) is 4.74 Å². The molecule has 0 spiro atoms. The van der Waals surface area contributed by atoms with E-state index in [-0.39, 0.29) is 12.5 Å². The van der Waals surface area contributed by atoms with Gasteiger partial charge in [-0.05, 0) is 57.6 Å². The molecule has 10 heteroatoms. The lowest BCUT2D eigenvalue weighted by Crippen LogP contribution is -2.30. The number of benzene rings is 1. The van der Waals surface area contributed by atoms with Crippen molar-refractivity contribution in [1.29, 1.82) is 0 Å². The summed E-state index contributed by atoms with van der Waals surface area (Å²) in [5, 5.41) is 0. The zero-order valence-electron chi connectivity index (χ0n) is 16.1. The number of rotatable bonds is 11. The highest BCUT2D eigenvalue weighted by Gasteiger charge is 2.31. The van der Waals surface area contributed by atoms with E-state index >= 15 is 0 Å². The molecule has 0 aliphatic carbocycles. The fourth-order valence-electron chi connectivity index (χ4n) is 2.22. The normalized spacial score (nSPS) is 12.8. The summed E-state index contributed by atoms with van der Waals surface area (Å²) in [4.78, 5) is 11.4. The highest BCUT2D eigenvalue weighted by molar-refractivity contribution is 8.01. The first kappa shape index (κ1) is 24.8. The van der Waals surface area contributed by atoms with Crippen LogP contribution in [-0.2, 0) is 25.7 Å². The van der Waals surface area contributed by atoms with Gasteiger partial charge in [-0.15, -0.1) is 11.8 Å². The number of halogens is 3. The van der Waals surface area contributed by atoms with Crippen molar-refractivity contribution in [3.8, 4) is 0 Å². The van der Waals surface area contributed by atoms with Gasteiger partial charge in [0.05, 0.1) is 17.1 Å². The number of thioether (sulfide) groups is 1. The van der Waals surface area contributed by atoms with Crippen LogP contribution in [0.25, 0.3) is 0 Å². The molecule has 0 saturated carbocycles. The van der Waals surface area contributed by atoms with Crippen molar-refractivity contribution >= 4 is 27.8 Å². The van der Waals surface area contributed by atoms with Gasteiger partial charge in [0.25, 0.3) is 0 Å². The molecule has 1 aromatic carbocycles. The fourth-order valence-corrected chi connectivity index (χ4v) is 4.38. The predicted octanol–water partition coefficient (Wildman–Crippen LogP) is 4.23. The van der Waals surface area contributed by atoms with Gasteiger partial charge in [0.1, 0.15) is 4.75 Å². The minimum absolute atomic E-state index is 0.129. The summed E-state index contributed by atoms with van der Waals surface area (Å²) in [5.74, 6) is 0.445. The van der Waals surface area contributed by atoms with E-state index in [2.05, 4.69) is 4.72 Å². The lowest BCUT2D eigenvalue weighted by atomic mass is 10.2. The van der Waals surface area contributed by atoms with Crippen LogP contribution in [0.15, 0.2) is 29.2 Å². The maximum absolute atomic E-state index is 12.7. The van der Waals surface area contributed by atoms with Crippen LogP contribution in [0.3, 0.4) is 0 Å². The Kier molecular flexibility index (Phi) is 9.29. The second kappa shape index (κ2) is 10.5. The average molecular weight is 442 g/mol. The topological polar surface area (TPSA) is 72.5 Å². The van der Waals surface area contributed by atoms with Crippen LogP contribution in [0.5, 0.6) is 0 Å². The summed E-state index contributed by atoms with van der Waals surface area (Å²) < 4.78 is 69.1. The lowest BCUT2D eigenvalue weighted by molar-refractivity contribution is -0.145. The van der Waals surface area contributed by atoms with Crippen LogP contribution in [0.1, 0.15) is 45.6 Å². The van der Waals surface area contributed by atoms with E-state index in [0.29, 0.717) is 24.8 Å². The largest absolute Gasteiger partial charge is 0.465 e. The van der Waals surface area contributed by atoms with Crippen molar-refractivity contribution < 1.29 is 31.1 Å². The fraction of sp³-hybridized carbons (Fsp3) is 0.611. The van der Waals surface area contributed by atoms with Crippen LogP contribution >= 0.6 is 11.8 Å². The molecular weight excluding hydrogens is 415 g/mol. The molecule has 0 heterocycles. The van der Waals surface area contributed by atoms with Gasteiger partial charge in [0, 0.05) is 6.54 Å². The van der Waals surface area contributed by atoms with E-state index in [1.165, 1.54) is 11.8 Å². The highest BCUT2D eigenvalue weighted by Crippen LogP contribution is 2.30. The molecule has 0 aliphatic rings. The van der Waals surface area contributed by atoms with E-state index in [0.717, 1.165) is 31.0 Å². The smallest absolute Gasteiger partial charge is 0.416 e. The van der Waals surface area contributed by atoms with Gasteiger partial charge in [-0.25, -0.2) is 13.1 Å². The summed E-state index contributed by atoms with van der Waals surface area (Å²) in [7, 11) is -3.99. The molecular formula is C18H26F3NO4S2. The van der Waals surface area contributed by atoms with Crippen molar-refractivity contribution in [2.24, 2.45) is 0 Å². The molecule has 28 heavy (non-hydrogen) atoms. The molecule has 160 valence electrons. The molecule has 0 fully saturated rings. The van der Waals surface area contributed by atoms with Crippen molar-refractivity contribution in [1.82, 2.24) is 4.72 Å². The summed E-state index contributed by atoms with van der Waals surface area (Å²) in [6.07, 6.45) is -2.56. The third-order valence-corrected chi connectivity index (χ3v) is 6.65. The first-order valence-corrected chi connectivity index (χ1v) is 11.3. The Morgan fingerprint density at radius 2 is 1.86 bits per heavy atom. The lowest BCUT2D eigenvalue weighted by Gasteiger charge is -2.21. The van der Waals surface area contributed by atoms with Crippen LogP contribution < -0.4 is 4.72 Å². The number of nitrogens with one attached hydrogen (secondary N) is 1. The molecule has 0 saturated heterocycles. The van der Waals surface area contributed by atoms with Gasteiger partial charge in [-0.3, -0.25) is 4.79 Å². The highest BCUT2D eigenvalue weighted by atomic mass is 32.2. The summed E-state index contributed by atoms with van der Waals surface area (Å²) in [6.45, 7) is 5.79. The summed E-state index contributed by atoms with van der Waals surface area (Å²) in [5.41, 5.74) is -1.00. The van der Waals surface area contributed by atoms with Crippen LogP contribution in [0, 0.1) is 0 Å². The zero-order valence-corrected chi connectivity index (χ0v) is 17.8. The quantitative estimate of drug-likeness (QED) is 0.411. The van der Waals surface area contributed by atoms with Gasteiger partial charge in [0.2, 0.25) is 10.0 Å². The van der Waals surface area contributed by atoms with Crippen molar-refractivity contribution in [2.75, 3.05) is 18.9 Å². The molecule has 1 rings (SSSR count). The number of alkyl halides is 3. The SMILES string of the molecule is CCOC(=O)C(C)(C)SCCCCCNS(=O)(=O)c1cccc(C(F)(F)F)c1. The van der Waals surface area contributed by atoms with Gasteiger partial charge in [-0.1, -0.05) is 12.5 Å². The van der Waals surface area contributed by atoms with E-state index < -0.39 is 31.4 Å². The molecule has 1 aromatic rings. The summed E-state index contributed by atoms with van der Waals surface area (Å²) in [6, 6.07) is 3.65. The first-order chi connectivity index (χ1) is 12.9. The molecule has 0 amide bonds. The number of carbonyl (C=O) groups excluding carboxylic acids is 1. The predicted molar refractivity (Wildman–Crippen MR) is 104 cm³/mol. The van der Waals surface area contributed by atoms with Crippen molar-refractivity contribution in [3.63, 3.8) is 0 Å². The molecule has 0 atom stereocenters. The van der Waals surface area contributed by atoms with E-state index in [1.807, 2.05) is 0 Å². The van der Waals surface area contributed by atoms with Crippen LogP contribution in [0.2, 0.25) is 0 Å². The molecule has 0 aromatic heterocycles. The standard InChI is InChI=1S/C18H26F3NO4S2/c1-4-26-16(23)17(2,3)27-12-7-5-6-11-22-28(24,25)15-10-8-9-14(13-15)18(19,20)21/h8-10,13,22H,4-7,11-12H2,1-3H3. The second-order valence-corrected chi connectivity index (χ2v) is 10.0. The minimum Gasteiger partial charge on any atom is -0.465 e. The van der Waals surface area contributed by atoms with Gasteiger partial charge in [-0.2, -0.15) is 13.2 Å². The maximum Gasteiger partial charge on any atom is 0.416 e. The Bertz CT molecular complexity index is 749. The Hall–Kier alpha value is -1.26. The number of carbonyl (C=O) groups is 1. The Morgan fingerprint density at radius 1 is 1.18 bits per heavy atom. The van der Waals surface area contributed by atoms with E-state index in [9.17, 15) is 26.4 Å². The number of hydrogen-bond acceptors (Lipinski definition) is 5. The number of hydrogen-bond donors (Lipinski definition) is 1. The molecule has 1 N–H and O–H groups in total. The Morgan fingerprint density at radius 3 is 2.46 bits per heavy atom. The third-order valence-electron chi connectivity index (χ3n) is 3.81. The molecule has 5 nitrogen and oxygen atoms in total. The Balaban J connectivity index is 2.39. The number of unbranched alkanes of at least 4 members (excludes halogenated alkanes) is 2. The van der Waals surface area contributed by atoms with Crippen molar-refractivity contribution in [3.05, 3.63) is 29.8 Å². The zero-order chi connectivity index (χ0) is 21.4. The molecule has 0 radical (unpaired) electrons. The minimum atomic E-state index is -4.60. The third kappa shape index (κ3) is 8.00. The van der Waals surface area contributed by atoms with Gasteiger partial charge < -0.3 is 4.74 Å². The molecule has 0 aliphatic heterocycles. The van der Waals surface area contributed by atoms with Crippen LogP contribution in [0.4, 0.5) is 13.2 Å². The van der Waals surface area contributed by atoms with Crippen LogP contribution in [-0.4, -0.2) is 38.0 Å². The number of ether oxygens (including phenoxy) is 1.